The van der Waals surface area contributed by atoms with E-state index in [-0.39, 0.29) is 22.5 Å². The fourth-order valence-corrected chi connectivity index (χ4v) is 5.45. The molecule has 4 aromatic rings. The van der Waals surface area contributed by atoms with Crippen LogP contribution < -0.4 is 14.9 Å². The minimum Gasteiger partial charge on any atom is -0.463 e. The summed E-state index contributed by atoms with van der Waals surface area (Å²) in [6.07, 6.45) is 1.45. The van der Waals surface area contributed by atoms with E-state index in [1.807, 2.05) is 54.6 Å². The molecule has 1 aliphatic heterocycles. The molecule has 0 amide bonds. The first-order valence-electron chi connectivity index (χ1n) is 12.4. The van der Waals surface area contributed by atoms with Gasteiger partial charge in [0, 0.05) is 11.6 Å². The van der Waals surface area contributed by atoms with Gasteiger partial charge in [-0.25, -0.2) is 9.79 Å². The molecular weight excluding hydrogens is 518 g/mol. The molecule has 1 atom stereocenters. The van der Waals surface area contributed by atoms with Crippen LogP contribution in [0.15, 0.2) is 86.5 Å². The Balaban J connectivity index is 1.79. The van der Waals surface area contributed by atoms with Crippen LogP contribution in [0.1, 0.15) is 55.2 Å². The molecule has 0 radical (unpaired) electrons. The molecule has 0 saturated carbocycles. The van der Waals surface area contributed by atoms with E-state index in [0.29, 0.717) is 22.0 Å². The zero-order valence-corrected chi connectivity index (χ0v) is 22.3. The molecule has 2 aromatic heterocycles. The second-order valence-corrected chi connectivity index (χ2v) is 10.2. The maximum atomic E-state index is 13.8. The normalized spacial score (nSPS) is 15.3. The van der Waals surface area contributed by atoms with Crippen molar-refractivity contribution in [1.82, 2.24) is 4.57 Å². The summed E-state index contributed by atoms with van der Waals surface area (Å²) >= 11 is 1.12. The van der Waals surface area contributed by atoms with Gasteiger partial charge >= 0.3 is 11.9 Å². The van der Waals surface area contributed by atoms with Crippen molar-refractivity contribution in [2.45, 2.75) is 32.7 Å². The minimum absolute atomic E-state index is 0.158. The second kappa shape index (κ2) is 10.7. The van der Waals surface area contributed by atoms with Gasteiger partial charge in [0.15, 0.2) is 4.80 Å². The van der Waals surface area contributed by atoms with Gasteiger partial charge in [0.25, 0.3) is 5.56 Å². The van der Waals surface area contributed by atoms with Gasteiger partial charge in [-0.05, 0) is 30.0 Å². The van der Waals surface area contributed by atoms with Crippen molar-refractivity contribution in [3.05, 3.63) is 125 Å². The van der Waals surface area contributed by atoms with Gasteiger partial charge in [-0.1, -0.05) is 79.8 Å². The highest BCUT2D eigenvalue weighted by Crippen LogP contribution is 2.35. The lowest BCUT2D eigenvalue weighted by molar-refractivity contribution is -0.402. The number of thiazole rings is 1. The van der Waals surface area contributed by atoms with Crippen molar-refractivity contribution >= 4 is 35.0 Å². The van der Waals surface area contributed by atoms with Crippen LogP contribution in [0, 0.1) is 10.1 Å². The highest BCUT2D eigenvalue weighted by molar-refractivity contribution is 7.07. The Kier molecular flexibility index (Phi) is 7.12. The lowest BCUT2D eigenvalue weighted by Crippen LogP contribution is -2.40. The number of benzene rings is 2. The molecule has 5 rings (SSSR count). The van der Waals surface area contributed by atoms with Gasteiger partial charge in [0.2, 0.25) is 0 Å². The Morgan fingerprint density at radius 2 is 1.87 bits per heavy atom. The molecule has 0 saturated heterocycles. The van der Waals surface area contributed by atoms with E-state index in [0.717, 1.165) is 22.5 Å². The van der Waals surface area contributed by atoms with Crippen molar-refractivity contribution in [2.75, 3.05) is 6.61 Å². The molecule has 0 fully saturated rings. The van der Waals surface area contributed by atoms with Gasteiger partial charge in [-0.2, -0.15) is 0 Å². The number of hydrogen-bond acceptors (Lipinski definition) is 8. The van der Waals surface area contributed by atoms with Crippen LogP contribution in [0.2, 0.25) is 0 Å². The monoisotopic (exact) mass is 543 g/mol. The van der Waals surface area contributed by atoms with Crippen LogP contribution in [0.5, 0.6) is 0 Å². The van der Waals surface area contributed by atoms with Gasteiger partial charge in [0.1, 0.15) is 10.7 Å². The highest BCUT2D eigenvalue weighted by Gasteiger charge is 2.35. The summed E-state index contributed by atoms with van der Waals surface area (Å²) < 4.78 is 12.5. The molecule has 0 N–H and O–H groups in total. The zero-order valence-electron chi connectivity index (χ0n) is 21.5. The van der Waals surface area contributed by atoms with Crippen molar-refractivity contribution in [2.24, 2.45) is 4.99 Å². The van der Waals surface area contributed by atoms with E-state index in [9.17, 15) is 19.7 Å². The number of carbonyl (C=O) groups excluding carboxylic acids is 1. The Labute approximate surface area is 227 Å². The Morgan fingerprint density at radius 3 is 2.49 bits per heavy atom. The van der Waals surface area contributed by atoms with Crippen LogP contribution in [-0.4, -0.2) is 22.1 Å². The Morgan fingerprint density at radius 1 is 1.15 bits per heavy atom. The summed E-state index contributed by atoms with van der Waals surface area (Å²) in [7, 11) is 0. The second-order valence-electron chi connectivity index (χ2n) is 9.19. The third-order valence-electron chi connectivity index (χ3n) is 6.36. The zero-order chi connectivity index (χ0) is 27.7. The standard InChI is InChI=1S/C29H25N3O6S/c1-4-37-28(34)24-25(19-8-6-5-7-9-19)30-29-31(26(24)20-12-10-18(11-13-20)17(2)3)27(33)22(39-29)16-21-14-15-23(38-21)32(35)36/h5-17,26H,4H2,1-3H3/b22-16-/t26-/m0/s1. The number of carbonyl (C=O) groups is 1. The number of aromatic nitrogens is 1. The van der Waals surface area contributed by atoms with E-state index < -0.39 is 28.4 Å². The number of esters is 1. The number of hydrogen-bond donors (Lipinski definition) is 0. The fourth-order valence-electron chi connectivity index (χ4n) is 4.47. The quantitative estimate of drug-likeness (QED) is 0.192. The van der Waals surface area contributed by atoms with E-state index in [2.05, 4.69) is 13.8 Å². The molecule has 0 bridgehead atoms. The molecule has 0 unspecified atom stereocenters. The average molecular weight is 544 g/mol. The predicted molar refractivity (Wildman–Crippen MR) is 147 cm³/mol. The summed E-state index contributed by atoms with van der Waals surface area (Å²) in [4.78, 5) is 42.9. The van der Waals surface area contributed by atoms with Crippen molar-refractivity contribution < 1.29 is 18.9 Å². The van der Waals surface area contributed by atoms with Crippen LogP contribution >= 0.6 is 11.3 Å². The van der Waals surface area contributed by atoms with Gasteiger partial charge in [-0.15, -0.1) is 0 Å². The molecule has 39 heavy (non-hydrogen) atoms. The molecule has 10 heteroatoms. The third-order valence-corrected chi connectivity index (χ3v) is 7.34. The molecular formula is C29H25N3O6S. The molecule has 198 valence electrons. The van der Waals surface area contributed by atoms with E-state index in [4.69, 9.17) is 14.1 Å². The van der Waals surface area contributed by atoms with Crippen molar-refractivity contribution in [3.8, 4) is 0 Å². The first-order valence-corrected chi connectivity index (χ1v) is 13.2. The summed E-state index contributed by atoms with van der Waals surface area (Å²) in [5.74, 6) is -0.516. The predicted octanol–water partition coefficient (Wildman–Crippen LogP) is 4.56. The first-order chi connectivity index (χ1) is 18.8. The van der Waals surface area contributed by atoms with Gasteiger partial charge < -0.3 is 9.15 Å². The summed E-state index contributed by atoms with van der Waals surface area (Å²) in [6.45, 7) is 6.07. The molecule has 9 nitrogen and oxygen atoms in total. The lowest BCUT2D eigenvalue weighted by atomic mass is 9.91. The summed E-state index contributed by atoms with van der Waals surface area (Å²) in [5.41, 5.74) is 2.84. The van der Waals surface area contributed by atoms with Crippen LogP contribution in [0.25, 0.3) is 11.8 Å². The SMILES string of the molecule is CCOC(=O)C1=C(c2ccccc2)N=c2s/c(=C\c3ccc([N+](=O)[O-])o3)c(=O)n2[C@H]1c1ccc(C(C)C)cc1. The molecule has 3 heterocycles. The third kappa shape index (κ3) is 4.98. The number of rotatable bonds is 7. The lowest BCUT2D eigenvalue weighted by Gasteiger charge is -2.26. The van der Waals surface area contributed by atoms with Crippen LogP contribution in [0.4, 0.5) is 5.88 Å². The number of nitrogens with zero attached hydrogens (tertiary/aromatic N) is 3. The first kappa shape index (κ1) is 26.1. The maximum Gasteiger partial charge on any atom is 0.433 e. The molecule has 0 spiro atoms. The number of furan rings is 1. The van der Waals surface area contributed by atoms with Crippen molar-refractivity contribution in [1.29, 1.82) is 0 Å². The topological polar surface area (TPSA) is 117 Å². The summed E-state index contributed by atoms with van der Waals surface area (Å²) in [6, 6.07) is 19.0. The maximum absolute atomic E-state index is 13.8. The van der Waals surface area contributed by atoms with Crippen molar-refractivity contribution in [3.63, 3.8) is 0 Å². The van der Waals surface area contributed by atoms with Crippen LogP contribution in [-0.2, 0) is 9.53 Å². The fraction of sp³-hybridized carbons (Fsp3) is 0.207. The van der Waals surface area contributed by atoms with Gasteiger partial charge in [0.05, 0.1) is 34.5 Å². The minimum atomic E-state index is -0.801. The Hall–Kier alpha value is -4.57. The van der Waals surface area contributed by atoms with E-state index in [1.165, 1.54) is 22.8 Å². The molecule has 1 aliphatic rings. The largest absolute Gasteiger partial charge is 0.463 e. The smallest absolute Gasteiger partial charge is 0.433 e. The molecule has 0 aliphatic carbocycles. The highest BCUT2D eigenvalue weighted by atomic mass is 32.1. The van der Waals surface area contributed by atoms with Crippen LogP contribution in [0.3, 0.4) is 0 Å². The average Bonchev–Trinajstić information content (AvgIpc) is 3.53. The number of fused-ring (bicyclic) bond motifs is 1. The molecule has 2 aromatic carbocycles. The number of nitro groups is 1. The number of ether oxygens (including phenoxy) is 1. The van der Waals surface area contributed by atoms with Gasteiger partial charge in [-0.3, -0.25) is 19.5 Å². The van der Waals surface area contributed by atoms with E-state index >= 15 is 0 Å². The Bertz CT molecular complexity index is 1760. The summed E-state index contributed by atoms with van der Waals surface area (Å²) in [5, 5.41) is 11.1. The van der Waals surface area contributed by atoms with E-state index in [1.54, 1.807) is 6.92 Å².